The van der Waals surface area contributed by atoms with E-state index in [0.717, 1.165) is 72.4 Å². The second kappa shape index (κ2) is 11.1. The number of aromatic nitrogens is 2. The maximum atomic E-state index is 6.91. The lowest BCUT2D eigenvalue weighted by atomic mass is 9.82. The van der Waals surface area contributed by atoms with Crippen LogP contribution in [0.3, 0.4) is 0 Å². The van der Waals surface area contributed by atoms with Crippen molar-refractivity contribution in [3.05, 3.63) is 181 Å². The lowest BCUT2D eigenvalue weighted by molar-refractivity contribution is 0.658. The van der Waals surface area contributed by atoms with Gasteiger partial charge in [0.2, 0.25) is 0 Å². The van der Waals surface area contributed by atoms with Gasteiger partial charge in [0.05, 0.1) is 11.4 Å². The maximum Gasteiger partial charge on any atom is 0.143 e. The fourth-order valence-corrected chi connectivity index (χ4v) is 8.75. The van der Waals surface area contributed by atoms with Gasteiger partial charge in [0.25, 0.3) is 0 Å². The standard InChI is InChI=1S/C50H34N2O/c1-50(2)43-20-9-8-17-39(43)41-30-45-42(29-44(41)50)40-19-12-18-38(49(40)53-45)36-26-35(31-13-4-3-5-14-31)27-37(28-36)48-47(51-46-21-10-11-24-52(46)48)34-23-22-32-15-6-7-16-33(32)25-34/h3-30H,1-2H3. The van der Waals surface area contributed by atoms with Crippen LogP contribution in [0.15, 0.2) is 174 Å². The number of rotatable bonds is 4. The lowest BCUT2D eigenvalue weighted by Crippen LogP contribution is -2.14. The summed E-state index contributed by atoms with van der Waals surface area (Å²) in [7, 11) is 0. The minimum atomic E-state index is -0.0863. The molecule has 1 aliphatic rings. The number of hydrogen-bond acceptors (Lipinski definition) is 2. The molecule has 0 bridgehead atoms. The third kappa shape index (κ3) is 4.50. The van der Waals surface area contributed by atoms with Gasteiger partial charge in [0.1, 0.15) is 16.8 Å². The van der Waals surface area contributed by atoms with Crippen LogP contribution in [0.4, 0.5) is 0 Å². The molecular weight excluding hydrogens is 645 g/mol. The highest BCUT2D eigenvalue weighted by Crippen LogP contribution is 2.51. The molecule has 10 aromatic rings. The molecule has 11 rings (SSSR count). The normalized spacial score (nSPS) is 13.2. The van der Waals surface area contributed by atoms with E-state index < -0.39 is 0 Å². The first-order chi connectivity index (χ1) is 26.0. The quantitative estimate of drug-likeness (QED) is 0.185. The molecule has 250 valence electrons. The summed E-state index contributed by atoms with van der Waals surface area (Å²) in [4.78, 5) is 5.25. The summed E-state index contributed by atoms with van der Waals surface area (Å²) < 4.78 is 9.13. The Balaban J connectivity index is 1.16. The third-order valence-corrected chi connectivity index (χ3v) is 11.4. The van der Waals surface area contributed by atoms with Crippen molar-refractivity contribution < 1.29 is 4.42 Å². The van der Waals surface area contributed by atoms with E-state index >= 15 is 0 Å². The Bertz CT molecular complexity index is 3090. The van der Waals surface area contributed by atoms with Crippen molar-refractivity contribution in [2.75, 3.05) is 0 Å². The monoisotopic (exact) mass is 678 g/mol. The van der Waals surface area contributed by atoms with Crippen LogP contribution in [0.2, 0.25) is 0 Å². The van der Waals surface area contributed by atoms with Crippen LogP contribution in [0, 0.1) is 0 Å². The molecule has 0 fully saturated rings. The number of para-hydroxylation sites is 1. The molecule has 0 saturated heterocycles. The van der Waals surface area contributed by atoms with E-state index in [4.69, 9.17) is 9.40 Å². The van der Waals surface area contributed by atoms with E-state index in [1.54, 1.807) is 0 Å². The molecule has 0 N–H and O–H groups in total. The summed E-state index contributed by atoms with van der Waals surface area (Å²) >= 11 is 0. The summed E-state index contributed by atoms with van der Waals surface area (Å²) in [5, 5.41) is 4.69. The number of imidazole rings is 1. The first-order valence-corrected chi connectivity index (χ1v) is 18.3. The van der Waals surface area contributed by atoms with Gasteiger partial charge in [0.15, 0.2) is 0 Å². The summed E-state index contributed by atoms with van der Waals surface area (Å²) in [6, 6.07) is 59.0. The van der Waals surface area contributed by atoms with Gasteiger partial charge < -0.3 is 4.42 Å². The molecule has 3 heterocycles. The van der Waals surface area contributed by atoms with Crippen LogP contribution in [0.25, 0.3) is 94.3 Å². The van der Waals surface area contributed by atoms with Gasteiger partial charge in [-0.05, 0) is 98.2 Å². The fourth-order valence-electron chi connectivity index (χ4n) is 8.75. The summed E-state index contributed by atoms with van der Waals surface area (Å²) in [6.45, 7) is 4.67. The predicted octanol–water partition coefficient (Wildman–Crippen LogP) is 13.4. The van der Waals surface area contributed by atoms with E-state index in [9.17, 15) is 0 Å². The molecule has 0 spiro atoms. The maximum absolute atomic E-state index is 6.91. The highest BCUT2D eigenvalue weighted by molar-refractivity contribution is 6.11. The second-order valence-electron chi connectivity index (χ2n) is 14.8. The molecular formula is C50H34N2O. The number of benzene rings is 7. The van der Waals surface area contributed by atoms with Gasteiger partial charge in [0, 0.05) is 39.1 Å². The van der Waals surface area contributed by atoms with Gasteiger partial charge >= 0.3 is 0 Å². The number of fused-ring (bicyclic) bond motifs is 8. The SMILES string of the molecule is CC1(C)c2ccccc2-c2cc3oc4c(-c5cc(-c6ccccc6)cc(-c6c(-c7ccc8ccccc8c7)nc7ccccn67)c5)cccc4c3cc21. The van der Waals surface area contributed by atoms with Crippen LogP contribution in [-0.4, -0.2) is 9.38 Å². The van der Waals surface area contributed by atoms with Gasteiger partial charge in [-0.3, -0.25) is 4.40 Å². The van der Waals surface area contributed by atoms with E-state index in [1.165, 1.54) is 33.0 Å². The summed E-state index contributed by atoms with van der Waals surface area (Å²) in [5.41, 5.74) is 16.6. The van der Waals surface area contributed by atoms with E-state index in [1.807, 2.05) is 0 Å². The minimum Gasteiger partial charge on any atom is -0.455 e. The first kappa shape index (κ1) is 30.0. The summed E-state index contributed by atoms with van der Waals surface area (Å²) in [6.07, 6.45) is 2.12. The largest absolute Gasteiger partial charge is 0.455 e. The average Bonchev–Trinajstić information content (AvgIpc) is 3.85. The Morgan fingerprint density at radius 3 is 2.15 bits per heavy atom. The van der Waals surface area contributed by atoms with Crippen molar-refractivity contribution in [2.24, 2.45) is 0 Å². The summed E-state index contributed by atoms with van der Waals surface area (Å²) in [5.74, 6) is 0. The zero-order valence-corrected chi connectivity index (χ0v) is 29.5. The zero-order valence-electron chi connectivity index (χ0n) is 29.5. The molecule has 0 aliphatic heterocycles. The van der Waals surface area contributed by atoms with Crippen LogP contribution in [0.5, 0.6) is 0 Å². The smallest absolute Gasteiger partial charge is 0.143 e. The zero-order chi connectivity index (χ0) is 35.3. The second-order valence-corrected chi connectivity index (χ2v) is 14.8. The molecule has 0 amide bonds. The van der Waals surface area contributed by atoms with Gasteiger partial charge in [-0.1, -0.05) is 129 Å². The first-order valence-electron chi connectivity index (χ1n) is 18.3. The van der Waals surface area contributed by atoms with Crippen molar-refractivity contribution in [3.8, 4) is 55.9 Å². The molecule has 0 radical (unpaired) electrons. The molecule has 0 atom stereocenters. The Kier molecular flexibility index (Phi) is 6.30. The average molecular weight is 679 g/mol. The third-order valence-electron chi connectivity index (χ3n) is 11.4. The molecule has 53 heavy (non-hydrogen) atoms. The molecule has 0 unspecified atom stereocenters. The lowest BCUT2D eigenvalue weighted by Gasteiger charge is -2.21. The molecule has 0 saturated carbocycles. The molecule has 3 nitrogen and oxygen atoms in total. The molecule has 3 aromatic heterocycles. The van der Waals surface area contributed by atoms with Gasteiger partial charge in [-0.15, -0.1) is 0 Å². The van der Waals surface area contributed by atoms with Gasteiger partial charge in [-0.2, -0.15) is 0 Å². The fraction of sp³-hybridized carbons (Fsp3) is 0.0600. The van der Waals surface area contributed by atoms with Crippen LogP contribution in [-0.2, 0) is 5.41 Å². The van der Waals surface area contributed by atoms with Crippen molar-refractivity contribution >= 4 is 38.4 Å². The highest BCUT2D eigenvalue weighted by Gasteiger charge is 2.36. The Hall–Kier alpha value is -6.71. The van der Waals surface area contributed by atoms with Crippen molar-refractivity contribution in [3.63, 3.8) is 0 Å². The van der Waals surface area contributed by atoms with Crippen molar-refractivity contribution in [1.82, 2.24) is 9.38 Å². The van der Waals surface area contributed by atoms with Gasteiger partial charge in [-0.25, -0.2) is 4.98 Å². The minimum absolute atomic E-state index is 0.0863. The predicted molar refractivity (Wildman–Crippen MR) is 219 cm³/mol. The Labute approximate surface area is 307 Å². The topological polar surface area (TPSA) is 30.4 Å². The van der Waals surface area contributed by atoms with E-state index in [-0.39, 0.29) is 5.41 Å². The van der Waals surface area contributed by atoms with Crippen LogP contribution >= 0.6 is 0 Å². The number of hydrogen-bond donors (Lipinski definition) is 0. The number of nitrogens with zero attached hydrogens (tertiary/aromatic N) is 2. The highest BCUT2D eigenvalue weighted by atomic mass is 16.3. The Morgan fingerprint density at radius 1 is 0.491 bits per heavy atom. The van der Waals surface area contributed by atoms with E-state index in [2.05, 4.69) is 188 Å². The molecule has 7 aromatic carbocycles. The van der Waals surface area contributed by atoms with Crippen molar-refractivity contribution in [1.29, 1.82) is 0 Å². The number of furan rings is 1. The van der Waals surface area contributed by atoms with Crippen LogP contribution in [0.1, 0.15) is 25.0 Å². The van der Waals surface area contributed by atoms with E-state index in [0.29, 0.717) is 0 Å². The Morgan fingerprint density at radius 2 is 1.25 bits per heavy atom. The number of pyridine rings is 1. The molecule has 3 heteroatoms. The van der Waals surface area contributed by atoms with Crippen LogP contribution < -0.4 is 0 Å². The molecule has 1 aliphatic carbocycles. The van der Waals surface area contributed by atoms with Crippen molar-refractivity contribution in [2.45, 2.75) is 19.3 Å².